The first kappa shape index (κ1) is 20.1. The maximum Gasteiger partial charge on any atom is 0.247 e. The molecule has 0 saturated carbocycles. The van der Waals surface area contributed by atoms with E-state index in [0.717, 1.165) is 11.3 Å². The summed E-state index contributed by atoms with van der Waals surface area (Å²) in [5, 5.41) is 20.5. The van der Waals surface area contributed by atoms with E-state index in [0.29, 0.717) is 23.6 Å². The largest absolute Gasteiger partial charge is 0.489 e. The van der Waals surface area contributed by atoms with E-state index in [9.17, 15) is 14.3 Å². The predicted molar refractivity (Wildman–Crippen MR) is 110 cm³/mol. The topological polar surface area (TPSA) is 90.5 Å². The first-order chi connectivity index (χ1) is 14.4. The van der Waals surface area contributed by atoms with Crippen molar-refractivity contribution in [3.63, 3.8) is 0 Å². The number of carbonyl (C=O) groups is 1. The number of aliphatic hydroxyl groups excluding tert-OH is 1. The van der Waals surface area contributed by atoms with Crippen LogP contribution in [0.2, 0.25) is 0 Å². The van der Waals surface area contributed by atoms with Gasteiger partial charge in [-0.1, -0.05) is 29.8 Å². The molecule has 1 unspecified atom stereocenters. The number of H-pyrrole nitrogens is 1. The lowest BCUT2D eigenvalue weighted by atomic mass is 10.1. The molecule has 156 valence electrons. The number of hydrogen-bond donors (Lipinski definition) is 3. The minimum Gasteiger partial charge on any atom is -0.489 e. The van der Waals surface area contributed by atoms with Crippen molar-refractivity contribution in [3.8, 4) is 5.75 Å². The van der Waals surface area contributed by atoms with Crippen LogP contribution in [0.4, 0.5) is 10.1 Å². The van der Waals surface area contributed by atoms with E-state index in [1.54, 1.807) is 13.1 Å². The highest BCUT2D eigenvalue weighted by Crippen LogP contribution is 2.31. The van der Waals surface area contributed by atoms with Gasteiger partial charge in [0.15, 0.2) is 6.23 Å². The molecule has 1 aromatic heterocycles. The molecule has 2 aromatic carbocycles. The predicted octanol–water partition coefficient (Wildman–Crippen LogP) is 2.45. The number of ether oxygens (including phenoxy) is 1. The van der Waals surface area contributed by atoms with Gasteiger partial charge in [-0.05, 0) is 30.7 Å². The van der Waals surface area contributed by atoms with E-state index in [4.69, 9.17) is 4.74 Å². The normalized spacial score (nSPS) is 17.3. The number of nitrogens with one attached hydrogen (secondary N) is 2. The highest BCUT2D eigenvalue weighted by Gasteiger charge is 2.31. The van der Waals surface area contributed by atoms with Gasteiger partial charge in [0.2, 0.25) is 5.91 Å². The van der Waals surface area contributed by atoms with Gasteiger partial charge in [-0.3, -0.25) is 15.2 Å². The second-order valence-electron chi connectivity index (χ2n) is 7.42. The standard InChI is InChI=1S/C22H23FN4O3/c1-13-3-5-14(6-4-13)9-16-11-17(26-25-16)21(28)24-18-12-30-20-8-7-15(23)10-19(20)27(2)22(18)29/h3-8,10-11,18,21,24,28H,9,12H2,1-2H3,(H,25,26)/t18-,21?/m0/s1. The molecule has 2 atom stereocenters. The summed E-state index contributed by atoms with van der Waals surface area (Å²) in [6, 6.07) is 13.1. The average molecular weight is 410 g/mol. The summed E-state index contributed by atoms with van der Waals surface area (Å²) in [4.78, 5) is 14.1. The highest BCUT2D eigenvalue weighted by atomic mass is 19.1. The van der Waals surface area contributed by atoms with Gasteiger partial charge in [0.25, 0.3) is 0 Å². The number of aromatic amines is 1. The monoisotopic (exact) mass is 410 g/mol. The molecule has 0 bridgehead atoms. The van der Waals surface area contributed by atoms with Crippen LogP contribution in [0.3, 0.4) is 0 Å². The fourth-order valence-electron chi connectivity index (χ4n) is 3.40. The smallest absolute Gasteiger partial charge is 0.247 e. The Morgan fingerprint density at radius 2 is 2.07 bits per heavy atom. The molecule has 7 nitrogen and oxygen atoms in total. The summed E-state index contributed by atoms with van der Waals surface area (Å²) in [6.45, 7) is 2.03. The summed E-state index contributed by atoms with van der Waals surface area (Å²) < 4.78 is 19.2. The number of rotatable bonds is 5. The Bertz CT molecular complexity index is 1050. The number of nitrogens with zero attached hydrogens (tertiary/aromatic N) is 2. The zero-order chi connectivity index (χ0) is 21.3. The Balaban J connectivity index is 1.44. The quantitative estimate of drug-likeness (QED) is 0.562. The molecule has 0 spiro atoms. The molecule has 3 N–H and O–H groups in total. The van der Waals surface area contributed by atoms with Gasteiger partial charge in [-0.15, -0.1) is 0 Å². The lowest BCUT2D eigenvalue weighted by Gasteiger charge is -2.22. The molecule has 8 heteroatoms. The maximum absolute atomic E-state index is 13.6. The molecule has 2 heterocycles. The Morgan fingerprint density at radius 1 is 1.30 bits per heavy atom. The summed E-state index contributed by atoms with van der Waals surface area (Å²) in [5.41, 5.74) is 3.88. The van der Waals surface area contributed by atoms with Crippen LogP contribution in [0.1, 0.15) is 28.7 Å². The van der Waals surface area contributed by atoms with Crippen LogP contribution in [-0.4, -0.2) is 40.9 Å². The lowest BCUT2D eigenvalue weighted by molar-refractivity contribution is -0.121. The van der Waals surface area contributed by atoms with E-state index >= 15 is 0 Å². The third-order valence-corrected chi connectivity index (χ3v) is 5.12. The number of aryl methyl sites for hydroxylation is 1. The highest BCUT2D eigenvalue weighted by molar-refractivity contribution is 5.98. The zero-order valence-electron chi connectivity index (χ0n) is 16.7. The van der Waals surface area contributed by atoms with Gasteiger partial charge in [-0.2, -0.15) is 5.10 Å². The van der Waals surface area contributed by atoms with E-state index in [2.05, 4.69) is 15.5 Å². The van der Waals surface area contributed by atoms with Crippen LogP contribution in [0, 0.1) is 12.7 Å². The van der Waals surface area contributed by atoms with Crippen molar-refractivity contribution in [2.24, 2.45) is 0 Å². The maximum atomic E-state index is 13.6. The first-order valence-electron chi connectivity index (χ1n) is 9.64. The molecule has 0 saturated heterocycles. The van der Waals surface area contributed by atoms with Gasteiger partial charge in [0.05, 0.1) is 5.69 Å². The molecule has 0 radical (unpaired) electrons. The third kappa shape index (κ3) is 4.19. The minimum absolute atomic E-state index is 0.000484. The number of anilines is 1. The van der Waals surface area contributed by atoms with E-state index in [1.807, 2.05) is 31.2 Å². The molecule has 0 aliphatic carbocycles. The van der Waals surface area contributed by atoms with Gasteiger partial charge < -0.3 is 14.7 Å². The van der Waals surface area contributed by atoms with E-state index in [-0.39, 0.29) is 12.5 Å². The van der Waals surface area contributed by atoms with Gasteiger partial charge in [0, 0.05) is 25.2 Å². The van der Waals surface area contributed by atoms with Crippen molar-refractivity contribution in [2.45, 2.75) is 25.6 Å². The van der Waals surface area contributed by atoms with E-state index in [1.165, 1.54) is 28.7 Å². The Labute approximate surface area is 173 Å². The molecule has 1 aliphatic rings. The second kappa shape index (κ2) is 8.25. The van der Waals surface area contributed by atoms with E-state index < -0.39 is 18.1 Å². The van der Waals surface area contributed by atoms with Crippen molar-refractivity contribution < 1.29 is 19.0 Å². The van der Waals surface area contributed by atoms with Gasteiger partial charge >= 0.3 is 0 Å². The molecule has 0 fully saturated rings. The fraction of sp³-hybridized carbons (Fsp3) is 0.273. The first-order valence-corrected chi connectivity index (χ1v) is 9.64. The molecule has 1 aliphatic heterocycles. The summed E-state index contributed by atoms with van der Waals surface area (Å²) in [5.74, 6) is -0.388. The molecule has 4 rings (SSSR count). The Kier molecular flexibility index (Phi) is 5.52. The van der Waals surface area contributed by atoms with Crippen LogP contribution in [0.15, 0.2) is 48.5 Å². The van der Waals surface area contributed by atoms with Gasteiger partial charge in [0.1, 0.15) is 29.9 Å². The van der Waals surface area contributed by atoms with Crippen molar-refractivity contribution in [1.29, 1.82) is 0 Å². The molecule has 3 aromatic rings. The molecular weight excluding hydrogens is 387 g/mol. The second-order valence-corrected chi connectivity index (χ2v) is 7.42. The molecule has 30 heavy (non-hydrogen) atoms. The third-order valence-electron chi connectivity index (χ3n) is 5.12. The Hall–Kier alpha value is -3.23. The fourth-order valence-corrected chi connectivity index (χ4v) is 3.40. The van der Waals surface area contributed by atoms with Crippen molar-refractivity contribution >= 4 is 11.6 Å². The number of likely N-dealkylation sites (N-methyl/N-ethyl adjacent to an activating group) is 1. The molecular formula is C22H23FN4O3. The minimum atomic E-state index is -1.17. The zero-order valence-corrected chi connectivity index (χ0v) is 16.7. The van der Waals surface area contributed by atoms with Crippen molar-refractivity contribution in [3.05, 3.63) is 76.9 Å². The van der Waals surface area contributed by atoms with Crippen LogP contribution in [-0.2, 0) is 11.2 Å². The number of benzene rings is 2. The number of halogens is 1. The number of fused-ring (bicyclic) bond motifs is 1. The summed E-state index contributed by atoms with van der Waals surface area (Å²) in [6.07, 6.45) is -0.522. The molecule has 1 amide bonds. The lowest BCUT2D eigenvalue weighted by Crippen LogP contribution is -2.48. The SMILES string of the molecule is Cc1ccc(Cc2cc(C(O)N[C@H]3COc4ccc(F)cc4N(C)C3=O)n[nH]2)cc1. The van der Waals surface area contributed by atoms with Gasteiger partial charge in [-0.25, -0.2) is 4.39 Å². The Morgan fingerprint density at radius 3 is 2.83 bits per heavy atom. The summed E-state index contributed by atoms with van der Waals surface area (Å²) in [7, 11) is 1.55. The number of hydrogen-bond acceptors (Lipinski definition) is 5. The van der Waals surface area contributed by atoms with Crippen LogP contribution >= 0.6 is 0 Å². The van der Waals surface area contributed by atoms with Crippen LogP contribution in [0.25, 0.3) is 0 Å². The average Bonchev–Trinajstić information content (AvgIpc) is 3.17. The van der Waals surface area contributed by atoms with Crippen LogP contribution in [0.5, 0.6) is 5.75 Å². The number of aromatic nitrogens is 2. The number of carbonyl (C=O) groups excluding carboxylic acids is 1. The number of amides is 1. The number of aliphatic hydroxyl groups is 1. The van der Waals surface area contributed by atoms with Crippen LogP contribution < -0.4 is 15.0 Å². The van der Waals surface area contributed by atoms with Crippen molar-refractivity contribution in [1.82, 2.24) is 15.5 Å². The van der Waals surface area contributed by atoms with Crippen molar-refractivity contribution in [2.75, 3.05) is 18.6 Å². The summed E-state index contributed by atoms with van der Waals surface area (Å²) >= 11 is 0.